The van der Waals surface area contributed by atoms with E-state index in [-0.39, 0.29) is 11.7 Å². The first-order chi connectivity index (χ1) is 10.1. The Morgan fingerprint density at radius 1 is 1.48 bits per heavy atom. The summed E-state index contributed by atoms with van der Waals surface area (Å²) in [5.74, 6) is 1.81. The summed E-state index contributed by atoms with van der Waals surface area (Å²) in [6.07, 6.45) is 6.39. The molecule has 1 fully saturated rings. The topological polar surface area (TPSA) is 62.7 Å². The maximum absolute atomic E-state index is 11.7. The SMILES string of the molecule is CCCNC1CCCC1CCSc1n[nH]c(=O)n1C(C)C. The molecule has 120 valence electrons. The van der Waals surface area contributed by atoms with Crippen LogP contribution in [0.1, 0.15) is 58.9 Å². The minimum atomic E-state index is -0.101. The van der Waals surface area contributed by atoms with Gasteiger partial charge in [-0.3, -0.25) is 4.57 Å². The van der Waals surface area contributed by atoms with Gasteiger partial charge in [-0.05, 0) is 52.0 Å². The van der Waals surface area contributed by atoms with Crippen LogP contribution in [0.25, 0.3) is 0 Å². The van der Waals surface area contributed by atoms with Crippen molar-refractivity contribution in [2.24, 2.45) is 5.92 Å². The van der Waals surface area contributed by atoms with E-state index in [9.17, 15) is 4.79 Å². The van der Waals surface area contributed by atoms with E-state index in [0.29, 0.717) is 6.04 Å². The van der Waals surface area contributed by atoms with Crippen LogP contribution in [-0.4, -0.2) is 33.1 Å². The molecule has 0 amide bonds. The van der Waals surface area contributed by atoms with Gasteiger partial charge in [0.15, 0.2) is 5.16 Å². The van der Waals surface area contributed by atoms with Gasteiger partial charge in [0.2, 0.25) is 0 Å². The predicted molar refractivity (Wildman–Crippen MR) is 88.0 cm³/mol. The smallest absolute Gasteiger partial charge is 0.314 e. The predicted octanol–water partition coefficient (Wildman–Crippen LogP) is 2.80. The molecular weight excluding hydrogens is 284 g/mol. The van der Waals surface area contributed by atoms with Crippen LogP contribution in [-0.2, 0) is 0 Å². The van der Waals surface area contributed by atoms with E-state index in [1.54, 1.807) is 16.3 Å². The Balaban J connectivity index is 1.83. The maximum atomic E-state index is 11.7. The lowest BCUT2D eigenvalue weighted by molar-refractivity contribution is 0.393. The summed E-state index contributed by atoms with van der Waals surface area (Å²) in [6.45, 7) is 7.38. The fourth-order valence-electron chi connectivity index (χ4n) is 3.13. The normalized spacial score (nSPS) is 22.3. The summed E-state index contributed by atoms with van der Waals surface area (Å²) in [4.78, 5) is 11.7. The zero-order valence-electron chi connectivity index (χ0n) is 13.4. The van der Waals surface area contributed by atoms with E-state index in [2.05, 4.69) is 22.4 Å². The molecular formula is C15H28N4OS. The van der Waals surface area contributed by atoms with Gasteiger partial charge >= 0.3 is 5.69 Å². The van der Waals surface area contributed by atoms with Gasteiger partial charge in [-0.1, -0.05) is 25.1 Å². The molecule has 5 nitrogen and oxygen atoms in total. The van der Waals surface area contributed by atoms with Crippen molar-refractivity contribution in [1.29, 1.82) is 0 Å². The highest BCUT2D eigenvalue weighted by molar-refractivity contribution is 7.99. The summed E-state index contributed by atoms with van der Waals surface area (Å²) in [5, 5.41) is 11.2. The van der Waals surface area contributed by atoms with Crippen molar-refractivity contribution >= 4 is 11.8 Å². The molecule has 0 radical (unpaired) electrons. The zero-order chi connectivity index (χ0) is 15.2. The van der Waals surface area contributed by atoms with Crippen molar-refractivity contribution in [3.8, 4) is 0 Å². The Kier molecular flexibility index (Phi) is 6.36. The first-order valence-corrected chi connectivity index (χ1v) is 9.15. The summed E-state index contributed by atoms with van der Waals surface area (Å²) < 4.78 is 1.74. The van der Waals surface area contributed by atoms with Crippen molar-refractivity contribution in [3.05, 3.63) is 10.5 Å². The standard InChI is InChI=1S/C15H28N4OS/c1-4-9-16-13-7-5-6-12(13)8-10-21-15-18-17-14(20)19(15)11(2)3/h11-13,16H,4-10H2,1-3H3,(H,17,20). The van der Waals surface area contributed by atoms with Crippen molar-refractivity contribution in [3.63, 3.8) is 0 Å². The van der Waals surface area contributed by atoms with Gasteiger partial charge in [-0.25, -0.2) is 9.89 Å². The lowest BCUT2D eigenvalue weighted by atomic mass is 10.0. The average Bonchev–Trinajstić information content (AvgIpc) is 3.03. The number of H-pyrrole nitrogens is 1. The minimum Gasteiger partial charge on any atom is -0.314 e. The van der Waals surface area contributed by atoms with Crippen LogP contribution in [0.15, 0.2) is 9.95 Å². The Morgan fingerprint density at radius 2 is 2.29 bits per heavy atom. The molecule has 2 atom stereocenters. The molecule has 0 aromatic carbocycles. The number of nitrogens with one attached hydrogen (secondary N) is 2. The second kappa shape index (κ2) is 8.03. The first-order valence-electron chi connectivity index (χ1n) is 8.16. The number of hydrogen-bond donors (Lipinski definition) is 2. The molecule has 1 heterocycles. The molecule has 0 bridgehead atoms. The highest BCUT2D eigenvalue weighted by Gasteiger charge is 2.26. The third-order valence-corrected chi connectivity index (χ3v) is 5.21. The number of thioether (sulfide) groups is 1. The second-order valence-electron chi connectivity index (χ2n) is 6.16. The lowest BCUT2D eigenvalue weighted by Gasteiger charge is -2.20. The zero-order valence-corrected chi connectivity index (χ0v) is 14.2. The molecule has 0 saturated heterocycles. The van der Waals surface area contributed by atoms with Crippen molar-refractivity contribution < 1.29 is 0 Å². The Hall–Kier alpha value is -0.750. The molecule has 0 aliphatic heterocycles. The third-order valence-electron chi connectivity index (χ3n) is 4.22. The molecule has 0 spiro atoms. The monoisotopic (exact) mass is 312 g/mol. The van der Waals surface area contributed by atoms with Gasteiger partial charge in [0, 0.05) is 17.8 Å². The summed E-state index contributed by atoms with van der Waals surface area (Å²) in [6, 6.07) is 0.848. The number of hydrogen-bond acceptors (Lipinski definition) is 4. The molecule has 21 heavy (non-hydrogen) atoms. The van der Waals surface area contributed by atoms with Gasteiger partial charge in [0.25, 0.3) is 0 Å². The largest absolute Gasteiger partial charge is 0.344 e. The fourth-order valence-corrected chi connectivity index (χ4v) is 4.28. The quantitative estimate of drug-likeness (QED) is 0.725. The van der Waals surface area contributed by atoms with Gasteiger partial charge in [0.05, 0.1) is 0 Å². The van der Waals surface area contributed by atoms with Crippen LogP contribution in [0, 0.1) is 5.92 Å². The number of rotatable bonds is 8. The van der Waals surface area contributed by atoms with E-state index in [0.717, 1.165) is 23.4 Å². The van der Waals surface area contributed by atoms with Crippen LogP contribution < -0.4 is 11.0 Å². The van der Waals surface area contributed by atoms with Gasteiger partial charge < -0.3 is 5.32 Å². The van der Waals surface area contributed by atoms with Crippen LogP contribution in [0.3, 0.4) is 0 Å². The maximum Gasteiger partial charge on any atom is 0.344 e. The lowest BCUT2D eigenvalue weighted by Crippen LogP contribution is -2.33. The average molecular weight is 312 g/mol. The fraction of sp³-hybridized carbons (Fsp3) is 0.867. The first kappa shape index (κ1) is 16.6. The van der Waals surface area contributed by atoms with E-state index in [4.69, 9.17) is 0 Å². The van der Waals surface area contributed by atoms with Crippen molar-refractivity contribution in [2.45, 2.75) is 70.1 Å². The molecule has 1 aromatic rings. The van der Waals surface area contributed by atoms with Crippen LogP contribution in [0.5, 0.6) is 0 Å². The molecule has 6 heteroatoms. The summed E-state index contributed by atoms with van der Waals surface area (Å²) in [7, 11) is 0. The highest BCUT2D eigenvalue weighted by Crippen LogP contribution is 2.30. The second-order valence-corrected chi connectivity index (χ2v) is 7.23. The highest BCUT2D eigenvalue weighted by atomic mass is 32.2. The van der Waals surface area contributed by atoms with E-state index in [1.807, 2.05) is 13.8 Å². The Bertz CT molecular complexity index is 482. The molecule has 1 aliphatic carbocycles. The van der Waals surface area contributed by atoms with E-state index < -0.39 is 0 Å². The Labute approximate surface area is 131 Å². The molecule has 2 N–H and O–H groups in total. The summed E-state index contributed by atoms with van der Waals surface area (Å²) in [5.41, 5.74) is -0.101. The van der Waals surface area contributed by atoms with Gasteiger partial charge in [0.1, 0.15) is 0 Å². The van der Waals surface area contributed by atoms with E-state index in [1.165, 1.54) is 32.1 Å². The minimum absolute atomic E-state index is 0.101. The molecule has 2 unspecified atom stereocenters. The van der Waals surface area contributed by atoms with Crippen LogP contribution in [0.2, 0.25) is 0 Å². The van der Waals surface area contributed by atoms with Crippen molar-refractivity contribution in [1.82, 2.24) is 20.1 Å². The van der Waals surface area contributed by atoms with Crippen molar-refractivity contribution in [2.75, 3.05) is 12.3 Å². The number of nitrogens with zero attached hydrogens (tertiary/aromatic N) is 2. The third kappa shape index (κ3) is 4.36. The number of aromatic amines is 1. The molecule has 1 aliphatic rings. The van der Waals surface area contributed by atoms with Crippen LogP contribution >= 0.6 is 11.8 Å². The molecule has 1 aromatic heterocycles. The molecule has 2 rings (SSSR count). The van der Waals surface area contributed by atoms with E-state index >= 15 is 0 Å². The van der Waals surface area contributed by atoms with Crippen LogP contribution in [0.4, 0.5) is 0 Å². The van der Waals surface area contributed by atoms with Gasteiger partial charge in [-0.15, -0.1) is 5.10 Å². The number of aromatic nitrogens is 3. The summed E-state index contributed by atoms with van der Waals surface area (Å²) >= 11 is 1.70. The Morgan fingerprint density at radius 3 is 3.00 bits per heavy atom. The van der Waals surface area contributed by atoms with Gasteiger partial charge in [-0.2, -0.15) is 0 Å². The molecule has 1 saturated carbocycles.